The van der Waals surface area contributed by atoms with E-state index in [2.05, 4.69) is 30.4 Å². The predicted octanol–water partition coefficient (Wildman–Crippen LogP) is 3.80. The molecule has 0 aromatic carbocycles. The molecular formula is C20H28N6O. The third-order valence-electron chi connectivity index (χ3n) is 5.65. The molecule has 2 aliphatic rings. The zero-order chi connectivity index (χ0) is 18.8. The number of aromatic amines is 1. The zero-order valence-electron chi connectivity index (χ0n) is 16.2. The fourth-order valence-electron chi connectivity index (χ4n) is 4.36. The van der Waals surface area contributed by atoms with E-state index in [4.69, 9.17) is 0 Å². The summed E-state index contributed by atoms with van der Waals surface area (Å²) >= 11 is 0. The molecule has 7 nitrogen and oxygen atoms in total. The topological polar surface area (TPSA) is 86.8 Å². The lowest BCUT2D eigenvalue weighted by Gasteiger charge is -2.30. The summed E-state index contributed by atoms with van der Waals surface area (Å²) < 4.78 is 0. The molecule has 0 radical (unpaired) electrons. The molecule has 0 spiro atoms. The maximum absolute atomic E-state index is 13.1. The molecule has 0 bridgehead atoms. The fourth-order valence-corrected chi connectivity index (χ4v) is 4.36. The average molecular weight is 368 g/mol. The van der Waals surface area contributed by atoms with Crippen LogP contribution in [0.2, 0.25) is 0 Å². The quantitative estimate of drug-likeness (QED) is 0.857. The summed E-state index contributed by atoms with van der Waals surface area (Å²) in [6, 6.07) is 3.96. The minimum Gasteiger partial charge on any atom is -0.334 e. The zero-order valence-corrected chi connectivity index (χ0v) is 16.2. The molecule has 2 fully saturated rings. The van der Waals surface area contributed by atoms with Crippen molar-refractivity contribution in [1.29, 1.82) is 0 Å². The summed E-state index contributed by atoms with van der Waals surface area (Å²) in [6.45, 7) is 4.69. The highest BCUT2D eigenvalue weighted by Gasteiger charge is 2.35. The molecule has 7 heteroatoms. The van der Waals surface area contributed by atoms with Crippen LogP contribution >= 0.6 is 0 Å². The first-order valence-electron chi connectivity index (χ1n) is 10.1. The van der Waals surface area contributed by atoms with Crippen LogP contribution in [0.3, 0.4) is 0 Å². The van der Waals surface area contributed by atoms with Gasteiger partial charge in [0.1, 0.15) is 11.6 Å². The first kappa shape index (κ1) is 17.9. The monoisotopic (exact) mass is 368 g/mol. The number of aryl methyl sites for hydroxylation is 2. The third-order valence-corrected chi connectivity index (χ3v) is 5.65. The van der Waals surface area contributed by atoms with Gasteiger partial charge in [-0.2, -0.15) is 5.10 Å². The standard InChI is InChI=1S/C20H28N6O/c1-13-11-19(25-24-13)23-18-12-16(21-14(2)22-18)17-9-6-10-26(17)20(27)15-7-4-3-5-8-15/h11-12,15,17H,3-10H2,1-2H3,(H2,21,22,23,24,25)/t17-/m1/s1. The van der Waals surface area contributed by atoms with Crippen molar-refractivity contribution in [2.75, 3.05) is 11.9 Å². The number of H-pyrrole nitrogens is 1. The number of amides is 1. The highest BCUT2D eigenvalue weighted by atomic mass is 16.2. The second-order valence-corrected chi connectivity index (χ2v) is 7.81. The van der Waals surface area contributed by atoms with Crippen LogP contribution in [0.25, 0.3) is 0 Å². The Balaban J connectivity index is 1.55. The number of carbonyl (C=O) groups excluding carboxylic acids is 1. The van der Waals surface area contributed by atoms with Crippen molar-refractivity contribution in [1.82, 2.24) is 25.1 Å². The number of nitrogens with zero attached hydrogens (tertiary/aromatic N) is 4. The van der Waals surface area contributed by atoms with Crippen molar-refractivity contribution >= 4 is 17.5 Å². The number of nitrogens with one attached hydrogen (secondary N) is 2. The number of hydrogen-bond acceptors (Lipinski definition) is 5. The van der Waals surface area contributed by atoms with Gasteiger partial charge in [0.2, 0.25) is 5.91 Å². The summed E-state index contributed by atoms with van der Waals surface area (Å²) in [5, 5.41) is 10.4. The van der Waals surface area contributed by atoms with E-state index in [-0.39, 0.29) is 12.0 Å². The lowest BCUT2D eigenvalue weighted by molar-refractivity contribution is -0.137. The van der Waals surface area contributed by atoms with Gasteiger partial charge in [0.15, 0.2) is 5.82 Å². The maximum Gasteiger partial charge on any atom is 0.226 e. The Morgan fingerprint density at radius 2 is 1.89 bits per heavy atom. The Kier molecular flexibility index (Phi) is 5.09. The van der Waals surface area contributed by atoms with Gasteiger partial charge in [0.25, 0.3) is 0 Å². The van der Waals surface area contributed by atoms with Crippen molar-refractivity contribution in [3.63, 3.8) is 0 Å². The molecule has 1 atom stereocenters. The van der Waals surface area contributed by atoms with Crippen LogP contribution < -0.4 is 5.32 Å². The van der Waals surface area contributed by atoms with Crippen LogP contribution in [0.4, 0.5) is 11.6 Å². The van der Waals surface area contributed by atoms with E-state index in [0.29, 0.717) is 11.7 Å². The Labute approximate surface area is 160 Å². The van der Waals surface area contributed by atoms with E-state index < -0.39 is 0 Å². The van der Waals surface area contributed by atoms with E-state index >= 15 is 0 Å². The van der Waals surface area contributed by atoms with Crippen molar-refractivity contribution in [3.8, 4) is 0 Å². The van der Waals surface area contributed by atoms with Gasteiger partial charge in [-0.3, -0.25) is 9.89 Å². The van der Waals surface area contributed by atoms with E-state index in [1.807, 2.05) is 26.0 Å². The highest BCUT2D eigenvalue weighted by Crippen LogP contribution is 2.35. The van der Waals surface area contributed by atoms with Crippen LogP contribution in [0, 0.1) is 19.8 Å². The first-order chi connectivity index (χ1) is 13.1. The number of aromatic nitrogens is 4. The Morgan fingerprint density at radius 1 is 1.07 bits per heavy atom. The number of likely N-dealkylation sites (tertiary alicyclic amines) is 1. The molecule has 2 aromatic heterocycles. The molecule has 27 heavy (non-hydrogen) atoms. The molecule has 2 aromatic rings. The lowest BCUT2D eigenvalue weighted by Crippen LogP contribution is -2.37. The number of anilines is 2. The minimum atomic E-state index is 0.0580. The van der Waals surface area contributed by atoms with Crippen molar-refractivity contribution in [2.24, 2.45) is 5.92 Å². The molecular weight excluding hydrogens is 340 g/mol. The summed E-state index contributed by atoms with van der Waals surface area (Å²) in [5.41, 5.74) is 1.92. The molecule has 3 heterocycles. The molecule has 1 saturated heterocycles. The molecule has 1 amide bonds. The molecule has 1 aliphatic carbocycles. The number of hydrogen-bond donors (Lipinski definition) is 2. The van der Waals surface area contributed by atoms with E-state index in [1.165, 1.54) is 19.3 Å². The molecule has 1 aliphatic heterocycles. The second-order valence-electron chi connectivity index (χ2n) is 7.81. The summed E-state index contributed by atoms with van der Waals surface area (Å²) in [5.74, 6) is 2.69. The number of rotatable bonds is 4. The number of carbonyl (C=O) groups is 1. The van der Waals surface area contributed by atoms with Gasteiger partial charge in [0.05, 0.1) is 11.7 Å². The fraction of sp³-hybridized carbons (Fsp3) is 0.600. The summed E-state index contributed by atoms with van der Waals surface area (Å²) in [7, 11) is 0. The molecule has 144 valence electrons. The largest absolute Gasteiger partial charge is 0.334 e. The van der Waals surface area contributed by atoms with Gasteiger partial charge in [-0.05, 0) is 39.5 Å². The average Bonchev–Trinajstić information content (AvgIpc) is 3.30. The van der Waals surface area contributed by atoms with E-state index in [9.17, 15) is 4.79 Å². The van der Waals surface area contributed by atoms with Crippen LogP contribution in [0.15, 0.2) is 12.1 Å². The van der Waals surface area contributed by atoms with E-state index in [0.717, 1.165) is 55.3 Å². The summed E-state index contributed by atoms with van der Waals surface area (Å²) in [6.07, 6.45) is 7.70. The smallest absolute Gasteiger partial charge is 0.226 e. The van der Waals surface area contributed by atoms with Crippen molar-refractivity contribution in [3.05, 3.63) is 29.3 Å². The minimum absolute atomic E-state index is 0.0580. The van der Waals surface area contributed by atoms with Gasteiger partial charge in [0, 0.05) is 30.3 Å². The maximum atomic E-state index is 13.1. The normalized spacial score (nSPS) is 20.8. The predicted molar refractivity (Wildman–Crippen MR) is 104 cm³/mol. The summed E-state index contributed by atoms with van der Waals surface area (Å²) in [4.78, 5) is 24.3. The van der Waals surface area contributed by atoms with Crippen LogP contribution in [-0.2, 0) is 4.79 Å². The van der Waals surface area contributed by atoms with Crippen LogP contribution in [0.5, 0.6) is 0 Å². The SMILES string of the molecule is Cc1nc(Nc2cc(C)[nH]n2)cc([C@H]2CCCN2C(=O)C2CCCCC2)n1. The Morgan fingerprint density at radius 3 is 2.63 bits per heavy atom. The highest BCUT2D eigenvalue weighted by molar-refractivity contribution is 5.79. The van der Waals surface area contributed by atoms with Gasteiger partial charge in [-0.1, -0.05) is 19.3 Å². The van der Waals surface area contributed by atoms with Crippen LogP contribution in [0.1, 0.15) is 68.2 Å². The Hall–Kier alpha value is -2.44. The first-order valence-corrected chi connectivity index (χ1v) is 10.1. The Bertz CT molecular complexity index is 811. The van der Waals surface area contributed by atoms with Gasteiger partial charge in [-0.15, -0.1) is 0 Å². The third kappa shape index (κ3) is 3.96. The van der Waals surface area contributed by atoms with Crippen LogP contribution in [-0.4, -0.2) is 37.5 Å². The molecule has 1 saturated carbocycles. The molecule has 0 unspecified atom stereocenters. The molecule has 2 N–H and O–H groups in total. The molecule has 4 rings (SSSR count). The van der Waals surface area contributed by atoms with Crippen molar-refractivity contribution in [2.45, 2.75) is 64.8 Å². The van der Waals surface area contributed by atoms with Gasteiger partial charge >= 0.3 is 0 Å². The van der Waals surface area contributed by atoms with Gasteiger partial charge in [-0.25, -0.2) is 9.97 Å². The van der Waals surface area contributed by atoms with Crippen molar-refractivity contribution < 1.29 is 4.79 Å². The van der Waals surface area contributed by atoms with Gasteiger partial charge < -0.3 is 10.2 Å². The van der Waals surface area contributed by atoms with E-state index in [1.54, 1.807) is 0 Å². The lowest BCUT2D eigenvalue weighted by atomic mass is 9.88. The second kappa shape index (κ2) is 7.66.